The van der Waals surface area contributed by atoms with Gasteiger partial charge in [0.05, 0.1) is 11.9 Å². The molecule has 1 aliphatic heterocycles. The van der Waals surface area contributed by atoms with Gasteiger partial charge in [0.15, 0.2) is 0 Å². The van der Waals surface area contributed by atoms with Gasteiger partial charge in [0, 0.05) is 18.6 Å². The van der Waals surface area contributed by atoms with Crippen molar-refractivity contribution in [2.45, 2.75) is 25.3 Å². The molecule has 0 bridgehead atoms. The van der Waals surface area contributed by atoms with Gasteiger partial charge in [-0.2, -0.15) is 5.10 Å². The van der Waals surface area contributed by atoms with Crippen molar-refractivity contribution in [1.82, 2.24) is 20.1 Å². The van der Waals surface area contributed by atoms with Gasteiger partial charge in [0.25, 0.3) is 5.91 Å². The smallest absolute Gasteiger partial charge is 0.252 e. The number of piperidine rings is 1. The Morgan fingerprint density at radius 1 is 1.38 bits per heavy atom. The molecular formula is C15H19N5O. The Morgan fingerprint density at radius 2 is 2.19 bits per heavy atom. The van der Waals surface area contributed by atoms with Crippen LogP contribution in [0.5, 0.6) is 0 Å². The van der Waals surface area contributed by atoms with Gasteiger partial charge in [0.1, 0.15) is 5.54 Å². The lowest BCUT2D eigenvalue weighted by Crippen LogP contribution is -2.52. The Labute approximate surface area is 123 Å². The van der Waals surface area contributed by atoms with E-state index in [1.54, 1.807) is 23.3 Å². The summed E-state index contributed by atoms with van der Waals surface area (Å²) >= 11 is 0. The molecule has 6 nitrogen and oxygen atoms in total. The largest absolute Gasteiger partial charge is 0.322 e. The van der Waals surface area contributed by atoms with Crippen LogP contribution in [0, 0.1) is 6.92 Å². The van der Waals surface area contributed by atoms with E-state index in [0.29, 0.717) is 0 Å². The maximum Gasteiger partial charge on any atom is 0.252 e. The number of nitrogens with one attached hydrogen (secondary N) is 2. The summed E-state index contributed by atoms with van der Waals surface area (Å²) in [6.07, 6.45) is 8.43. The fourth-order valence-corrected chi connectivity index (χ4v) is 2.76. The molecule has 1 saturated heterocycles. The quantitative estimate of drug-likeness (QED) is 0.892. The van der Waals surface area contributed by atoms with Crippen molar-refractivity contribution in [1.29, 1.82) is 0 Å². The Kier molecular flexibility index (Phi) is 3.70. The van der Waals surface area contributed by atoms with Crippen LogP contribution in [0.25, 0.3) is 0 Å². The normalized spacial score (nSPS) is 17.4. The van der Waals surface area contributed by atoms with E-state index < -0.39 is 5.54 Å². The number of nitrogens with zero attached hydrogens (tertiary/aromatic N) is 3. The summed E-state index contributed by atoms with van der Waals surface area (Å²) in [7, 11) is 0. The third-order valence-electron chi connectivity index (χ3n) is 4.08. The third-order valence-corrected chi connectivity index (χ3v) is 4.08. The first-order valence-electron chi connectivity index (χ1n) is 7.15. The maximum absolute atomic E-state index is 12.9. The van der Waals surface area contributed by atoms with Gasteiger partial charge in [-0.15, -0.1) is 0 Å². The zero-order valence-electron chi connectivity index (χ0n) is 12.0. The van der Waals surface area contributed by atoms with E-state index in [2.05, 4.69) is 20.7 Å². The zero-order chi connectivity index (χ0) is 14.7. The second-order valence-corrected chi connectivity index (χ2v) is 5.38. The Bertz CT molecular complexity index is 617. The highest BCUT2D eigenvalue weighted by Crippen LogP contribution is 2.29. The molecular weight excluding hydrogens is 266 g/mol. The summed E-state index contributed by atoms with van der Waals surface area (Å²) in [5.74, 6) is -0.0243. The molecule has 0 atom stereocenters. The molecule has 0 radical (unpaired) electrons. The van der Waals surface area contributed by atoms with E-state index in [-0.39, 0.29) is 5.91 Å². The molecule has 0 spiro atoms. The average Bonchev–Trinajstić information content (AvgIpc) is 3.05. The Morgan fingerprint density at radius 3 is 2.86 bits per heavy atom. The number of pyridine rings is 1. The van der Waals surface area contributed by atoms with E-state index in [1.165, 1.54) is 0 Å². The predicted octanol–water partition coefficient (Wildman–Crippen LogP) is 1.30. The zero-order valence-corrected chi connectivity index (χ0v) is 12.0. The molecule has 3 rings (SSSR count). The number of amides is 1. The molecule has 1 fully saturated rings. The fourth-order valence-electron chi connectivity index (χ4n) is 2.76. The SMILES string of the molecule is Cc1ccncc1NC(=O)C1(n2cccn2)CCNCC1. The van der Waals surface area contributed by atoms with Crippen molar-refractivity contribution in [3.63, 3.8) is 0 Å². The predicted molar refractivity (Wildman–Crippen MR) is 79.9 cm³/mol. The van der Waals surface area contributed by atoms with Crippen molar-refractivity contribution >= 4 is 11.6 Å². The lowest BCUT2D eigenvalue weighted by Gasteiger charge is -2.36. The van der Waals surface area contributed by atoms with Crippen LogP contribution in [0.1, 0.15) is 18.4 Å². The number of aryl methyl sites for hydroxylation is 1. The van der Waals surface area contributed by atoms with Gasteiger partial charge in [-0.3, -0.25) is 14.5 Å². The summed E-state index contributed by atoms with van der Waals surface area (Å²) in [5, 5.41) is 10.6. The highest BCUT2D eigenvalue weighted by Gasteiger charge is 2.42. The monoisotopic (exact) mass is 285 g/mol. The summed E-state index contributed by atoms with van der Waals surface area (Å²) in [6, 6.07) is 3.74. The van der Waals surface area contributed by atoms with Gasteiger partial charge in [-0.05, 0) is 50.6 Å². The van der Waals surface area contributed by atoms with Crippen LogP contribution in [-0.2, 0) is 10.3 Å². The molecule has 1 aliphatic rings. The minimum absolute atomic E-state index is 0.0243. The summed E-state index contributed by atoms with van der Waals surface area (Å²) in [4.78, 5) is 17.0. The van der Waals surface area contributed by atoms with E-state index in [9.17, 15) is 4.79 Å². The van der Waals surface area contributed by atoms with Crippen LogP contribution in [0.3, 0.4) is 0 Å². The van der Waals surface area contributed by atoms with Crippen LogP contribution in [0.15, 0.2) is 36.9 Å². The highest BCUT2D eigenvalue weighted by molar-refractivity contribution is 5.97. The van der Waals surface area contributed by atoms with Gasteiger partial charge in [-0.25, -0.2) is 0 Å². The average molecular weight is 285 g/mol. The van der Waals surface area contributed by atoms with Crippen LogP contribution < -0.4 is 10.6 Å². The van der Waals surface area contributed by atoms with Gasteiger partial charge < -0.3 is 10.6 Å². The maximum atomic E-state index is 12.9. The molecule has 0 saturated carbocycles. The number of aromatic nitrogens is 3. The van der Waals surface area contributed by atoms with Crippen molar-refractivity contribution in [3.05, 3.63) is 42.5 Å². The van der Waals surface area contributed by atoms with E-state index in [4.69, 9.17) is 0 Å². The van der Waals surface area contributed by atoms with E-state index in [0.717, 1.165) is 37.2 Å². The minimum Gasteiger partial charge on any atom is -0.322 e. The highest BCUT2D eigenvalue weighted by atomic mass is 16.2. The Hall–Kier alpha value is -2.21. The van der Waals surface area contributed by atoms with E-state index >= 15 is 0 Å². The van der Waals surface area contributed by atoms with Gasteiger partial charge in [0.2, 0.25) is 0 Å². The first-order chi connectivity index (χ1) is 10.2. The molecule has 2 aromatic heterocycles. The molecule has 0 aromatic carbocycles. The number of rotatable bonds is 3. The number of carbonyl (C=O) groups is 1. The third kappa shape index (κ3) is 2.54. The van der Waals surface area contributed by atoms with Gasteiger partial charge >= 0.3 is 0 Å². The number of hydrogen-bond acceptors (Lipinski definition) is 4. The standard InChI is InChI=1S/C15H19N5O/c1-12-3-7-17-11-13(12)19-14(21)15(4-8-16-9-5-15)20-10-2-6-18-20/h2-3,6-7,10-11,16H,4-5,8-9H2,1H3,(H,19,21). The molecule has 0 unspecified atom stereocenters. The Balaban J connectivity index is 1.90. The second kappa shape index (κ2) is 5.65. The molecule has 0 aliphatic carbocycles. The molecule has 21 heavy (non-hydrogen) atoms. The molecule has 110 valence electrons. The second-order valence-electron chi connectivity index (χ2n) is 5.38. The van der Waals surface area contributed by atoms with Gasteiger partial charge in [-0.1, -0.05) is 0 Å². The van der Waals surface area contributed by atoms with E-state index in [1.807, 2.05) is 25.3 Å². The van der Waals surface area contributed by atoms with Crippen molar-refractivity contribution < 1.29 is 4.79 Å². The molecule has 1 amide bonds. The molecule has 3 heterocycles. The summed E-state index contributed by atoms with van der Waals surface area (Å²) in [5.41, 5.74) is 1.13. The number of carbonyl (C=O) groups excluding carboxylic acids is 1. The lowest BCUT2D eigenvalue weighted by molar-refractivity contribution is -0.126. The first-order valence-corrected chi connectivity index (χ1v) is 7.15. The van der Waals surface area contributed by atoms with Crippen molar-refractivity contribution in [2.24, 2.45) is 0 Å². The van der Waals surface area contributed by atoms with Crippen LogP contribution in [-0.4, -0.2) is 33.8 Å². The number of hydrogen-bond donors (Lipinski definition) is 2. The molecule has 2 aromatic rings. The van der Waals surface area contributed by atoms with Crippen molar-refractivity contribution in [2.75, 3.05) is 18.4 Å². The van der Waals surface area contributed by atoms with Crippen LogP contribution >= 0.6 is 0 Å². The molecule has 2 N–H and O–H groups in total. The summed E-state index contributed by atoms with van der Waals surface area (Å²) < 4.78 is 1.79. The first kappa shape index (κ1) is 13.8. The molecule has 6 heteroatoms. The van der Waals surface area contributed by atoms with Crippen molar-refractivity contribution in [3.8, 4) is 0 Å². The minimum atomic E-state index is -0.628. The summed E-state index contributed by atoms with van der Waals surface area (Å²) in [6.45, 7) is 3.57. The fraction of sp³-hybridized carbons (Fsp3) is 0.400. The number of anilines is 1. The van der Waals surface area contributed by atoms with Crippen LogP contribution in [0.4, 0.5) is 5.69 Å². The lowest BCUT2D eigenvalue weighted by atomic mass is 9.87. The van der Waals surface area contributed by atoms with Crippen LogP contribution in [0.2, 0.25) is 0 Å². The topological polar surface area (TPSA) is 71.8 Å².